The van der Waals surface area contributed by atoms with E-state index < -0.39 is 5.92 Å². The molecule has 1 fully saturated rings. The molecule has 0 unspecified atom stereocenters. The van der Waals surface area contributed by atoms with Crippen LogP contribution >= 0.6 is 11.6 Å². The molecular weight excluding hydrogens is 244 g/mol. The van der Waals surface area contributed by atoms with E-state index in [1.165, 1.54) is 0 Å². The third-order valence-electron chi connectivity index (χ3n) is 3.21. The number of anilines is 1. The van der Waals surface area contributed by atoms with E-state index in [4.69, 9.17) is 11.6 Å². The maximum Gasteiger partial charge on any atom is 0.251 e. The number of aryl methyl sites for hydroxylation is 2. The van der Waals surface area contributed by atoms with Gasteiger partial charge in [-0.25, -0.2) is 8.78 Å². The smallest absolute Gasteiger partial charge is 0.251 e. The Balaban J connectivity index is 2.24. The average molecular weight is 260 g/mol. The Morgan fingerprint density at radius 2 is 1.76 bits per heavy atom. The van der Waals surface area contributed by atoms with Crippen LogP contribution in [-0.4, -0.2) is 19.0 Å². The number of nitrogens with zero attached hydrogens (tertiary/aromatic N) is 1. The molecule has 0 saturated carbocycles. The second kappa shape index (κ2) is 4.45. The number of piperidine rings is 1. The van der Waals surface area contributed by atoms with Gasteiger partial charge >= 0.3 is 0 Å². The van der Waals surface area contributed by atoms with Crippen molar-refractivity contribution in [1.29, 1.82) is 0 Å². The summed E-state index contributed by atoms with van der Waals surface area (Å²) in [5.74, 6) is -2.51. The summed E-state index contributed by atoms with van der Waals surface area (Å²) in [5, 5.41) is 0.660. The summed E-state index contributed by atoms with van der Waals surface area (Å²) in [6.45, 7) is 4.70. The van der Waals surface area contributed by atoms with Gasteiger partial charge < -0.3 is 4.90 Å². The number of hydrogen-bond acceptors (Lipinski definition) is 1. The number of alkyl halides is 2. The third kappa shape index (κ3) is 2.71. The van der Waals surface area contributed by atoms with E-state index in [0.29, 0.717) is 18.1 Å². The average Bonchev–Trinajstić information content (AvgIpc) is 2.19. The number of halogens is 3. The standard InChI is InChI=1S/C13H16ClF2N/c1-9-7-10(2)12(11(14)8-9)17-5-3-13(15,16)4-6-17/h7-8H,3-6H2,1-2H3. The van der Waals surface area contributed by atoms with Gasteiger partial charge in [-0.2, -0.15) is 0 Å². The fraction of sp³-hybridized carbons (Fsp3) is 0.538. The molecule has 4 heteroatoms. The molecule has 0 atom stereocenters. The molecule has 1 aromatic rings. The molecule has 1 heterocycles. The van der Waals surface area contributed by atoms with Crippen molar-refractivity contribution in [3.05, 3.63) is 28.3 Å². The van der Waals surface area contributed by atoms with Crippen molar-refractivity contribution in [1.82, 2.24) is 0 Å². The normalized spacial score (nSPS) is 19.5. The Labute approximate surface area is 105 Å². The lowest BCUT2D eigenvalue weighted by Crippen LogP contribution is -2.39. The van der Waals surface area contributed by atoms with Crippen LogP contribution in [0.5, 0.6) is 0 Å². The van der Waals surface area contributed by atoms with Crippen LogP contribution < -0.4 is 4.90 Å². The van der Waals surface area contributed by atoms with Crippen molar-refractivity contribution in [3.63, 3.8) is 0 Å². The molecule has 1 aliphatic rings. The van der Waals surface area contributed by atoms with Crippen LogP contribution in [0.4, 0.5) is 14.5 Å². The Morgan fingerprint density at radius 3 is 2.29 bits per heavy atom. The monoisotopic (exact) mass is 259 g/mol. The minimum Gasteiger partial charge on any atom is -0.370 e. The van der Waals surface area contributed by atoms with Crippen LogP contribution in [0.3, 0.4) is 0 Å². The Morgan fingerprint density at radius 1 is 1.18 bits per heavy atom. The molecule has 0 aromatic heterocycles. The highest BCUT2D eigenvalue weighted by molar-refractivity contribution is 6.33. The summed E-state index contributed by atoms with van der Waals surface area (Å²) in [4.78, 5) is 1.97. The molecule has 94 valence electrons. The van der Waals surface area contributed by atoms with E-state index in [-0.39, 0.29) is 12.8 Å². The van der Waals surface area contributed by atoms with Gasteiger partial charge in [0.1, 0.15) is 0 Å². The lowest BCUT2D eigenvalue weighted by Gasteiger charge is -2.34. The molecule has 0 radical (unpaired) electrons. The van der Waals surface area contributed by atoms with E-state index in [0.717, 1.165) is 16.8 Å². The molecule has 17 heavy (non-hydrogen) atoms. The van der Waals surface area contributed by atoms with E-state index >= 15 is 0 Å². The van der Waals surface area contributed by atoms with Gasteiger partial charge in [-0.3, -0.25) is 0 Å². The zero-order chi connectivity index (χ0) is 12.6. The van der Waals surface area contributed by atoms with Crippen LogP contribution in [-0.2, 0) is 0 Å². The van der Waals surface area contributed by atoms with Crippen molar-refractivity contribution in [2.24, 2.45) is 0 Å². The van der Waals surface area contributed by atoms with Gasteiger partial charge in [0, 0.05) is 25.9 Å². The first-order chi connectivity index (χ1) is 7.89. The zero-order valence-electron chi connectivity index (χ0n) is 10.1. The predicted molar refractivity (Wildman–Crippen MR) is 67.3 cm³/mol. The van der Waals surface area contributed by atoms with Gasteiger partial charge in [0.15, 0.2) is 0 Å². The highest BCUT2D eigenvalue weighted by Gasteiger charge is 2.34. The maximum atomic E-state index is 13.1. The molecule has 0 spiro atoms. The van der Waals surface area contributed by atoms with Gasteiger partial charge in [-0.15, -0.1) is 0 Å². The summed E-state index contributed by atoms with van der Waals surface area (Å²) in [6.07, 6.45) is -0.173. The number of hydrogen-bond donors (Lipinski definition) is 0. The SMILES string of the molecule is Cc1cc(C)c(N2CCC(F)(F)CC2)c(Cl)c1. The Kier molecular flexibility index (Phi) is 3.30. The molecule has 1 nitrogen and oxygen atoms in total. The van der Waals surface area contributed by atoms with Gasteiger partial charge in [0.25, 0.3) is 5.92 Å². The van der Waals surface area contributed by atoms with Gasteiger partial charge in [0.05, 0.1) is 10.7 Å². The van der Waals surface area contributed by atoms with Crippen molar-refractivity contribution >= 4 is 17.3 Å². The van der Waals surface area contributed by atoms with Crippen LogP contribution in [0.2, 0.25) is 5.02 Å². The molecule has 0 N–H and O–H groups in total. The summed E-state index contributed by atoms with van der Waals surface area (Å²) >= 11 is 6.21. The molecule has 1 saturated heterocycles. The van der Waals surface area contributed by atoms with Crippen LogP contribution in [0.15, 0.2) is 12.1 Å². The topological polar surface area (TPSA) is 3.24 Å². The van der Waals surface area contributed by atoms with Gasteiger partial charge in [-0.05, 0) is 31.0 Å². The zero-order valence-corrected chi connectivity index (χ0v) is 10.8. The minimum absolute atomic E-state index is 0.0867. The highest BCUT2D eigenvalue weighted by Crippen LogP contribution is 2.36. The first kappa shape index (κ1) is 12.6. The van der Waals surface area contributed by atoms with E-state index in [9.17, 15) is 8.78 Å². The van der Waals surface area contributed by atoms with Gasteiger partial charge in [0.2, 0.25) is 0 Å². The number of rotatable bonds is 1. The van der Waals surface area contributed by atoms with Crippen molar-refractivity contribution in [3.8, 4) is 0 Å². The Bertz CT molecular complexity index is 398. The van der Waals surface area contributed by atoms with Crippen LogP contribution in [0.1, 0.15) is 24.0 Å². The molecule has 2 rings (SSSR count). The van der Waals surface area contributed by atoms with Gasteiger partial charge in [-0.1, -0.05) is 17.7 Å². The first-order valence-corrected chi connectivity index (χ1v) is 6.16. The van der Waals surface area contributed by atoms with Crippen LogP contribution in [0, 0.1) is 13.8 Å². The summed E-state index contributed by atoms with van der Waals surface area (Å²) in [7, 11) is 0. The maximum absolute atomic E-state index is 13.1. The summed E-state index contributed by atoms with van der Waals surface area (Å²) in [5.41, 5.74) is 3.06. The second-order valence-corrected chi connectivity index (χ2v) is 5.16. The second-order valence-electron chi connectivity index (χ2n) is 4.76. The largest absolute Gasteiger partial charge is 0.370 e. The fourth-order valence-corrected chi connectivity index (χ4v) is 2.81. The lowest BCUT2D eigenvalue weighted by molar-refractivity contribution is -0.0220. The quantitative estimate of drug-likeness (QED) is 0.731. The predicted octanol–water partition coefficient (Wildman–Crippen LogP) is 4.19. The van der Waals surface area contributed by atoms with Crippen molar-refractivity contribution < 1.29 is 8.78 Å². The first-order valence-electron chi connectivity index (χ1n) is 5.78. The molecule has 0 aliphatic carbocycles. The molecule has 1 aliphatic heterocycles. The molecule has 1 aromatic carbocycles. The molecule has 0 amide bonds. The minimum atomic E-state index is -2.51. The fourth-order valence-electron chi connectivity index (χ4n) is 2.37. The number of benzene rings is 1. The molecule has 0 bridgehead atoms. The van der Waals surface area contributed by atoms with E-state index in [2.05, 4.69) is 0 Å². The van der Waals surface area contributed by atoms with Crippen molar-refractivity contribution in [2.45, 2.75) is 32.6 Å². The Hall–Kier alpha value is -0.830. The summed E-state index contributed by atoms with van der Waals surface area (Å²) in [6, 6.07) is 3.92. The summed E-state index contributed by atoms with van der Waals surface area (Å²) < 4.78 is 26.2. The molecular formula is C13H16ClF2N. The van der Waals surface area contributed by atoms with E-state index in [1.54, 1.807) is 0 Å². The highest BCUT2D eigenvalue weighted by atomic mass is 35.5. The third-order valence-corrected chi connectivity index (χ3v) is 3.50. The lowest BCUT2D eigenvalue weighted by atomic mass is 10.0. The van der Waals surface area contributed by atoms with Crippen molar-refractivity contribution in [2.75, 3.05) is 18.0 Å². The van der Waals surface area contributed by atoms with Crippen LogP contribution in [0.25, 0.3) is 0 Å². The van der Waals surface area contributed by atoms with E-state index in [1.807, 2.05) is 30.9 Å².